The predicted octanol–water partition coefficient (Wildman–Crippen LogP) is 15.4. The highest BCUT2D eigenvalue weighted by Gasteiger charge is 2.56. The van der Waals surface area contributed by atoms with Crippen molar-refractivity contribution in [2.75, 3.05) is 5.32 Å². The summed E-state index contributed by atoms with van der Waals surface area (Å²) in [4.78, 5) is 0. The molecule has 2 heteroatoms. The topological polar surface area (TPSA) is 25.2 Å². The molecule has 64 heavy (non-hydrogen) atoms. The summed E-state index contributed by atoms with van der Waals surface area (Å²) in [6.07, 6.45) is 10.7. The van der Waals surface area contributed by atoms with Gasteiger partial charge in [-0.1, -0.05) is 212 Å². The third-order valence-corrected chi connectivity index (χ3v) is 13.5. The molecule has 9 aromatic carbocycles. The number of benzene rings is 9. The van der Waals surface area contributed by atoms with Crippen LogP contribution < -0.4 is 5.32 Å². The molecular weight excluding hydrogens is 775 g/mol. The van der Waals surface area contributed by atoms with E-state index in [0.717, 1.165) is 44.3 Å². The van der Waals surface area contributed by atoms with Crippen molar-refractivity contribution < 1.29 is 4.42 Å². The molecule has 0 unspecified atom stereocenters. The normalized spacial score (nSPS) is 14.5. The van der Waals surface area contributed by atoms with Crippen molar-refractivity contribution in [2.24, 2.45) is 0 Å². The number of fused-ring (bicyclic) bond motifs is 12. The molecule has 0 amide bonds. The van der Waals surface area contributed by atoms with E-state index >= 15 is 0 Å². The molecule has 2 nitrogen and oxygen atoms in total. The van der Waals surface area contributed by atoms with Crippen LogP contribution in [0.5, 0.6) is 0 Å². The second-order valence-electron chi connectivity index (χ2n) is 16.8. The highest BCUT2D eigenvalue weighted by molar-refractivity contribution is 6.05. The standard InChI is InChI=1S/C62H43NO/c1-4-19-44(20-5-1)45(36-34-43-35-38-52-51-27-11-17-33-59(51)64-60(52)41-43)21-18-40-63-48-37-39-50-49-26-10-12-28-53(49)62(58(50)42-48)56-31-15-13-29-54(56)61(46-22-6-2-7-23-46,47-24-8-3-9-25-47)55-30-14-16-32-57(55)62/h1-42,63H/b36-34-,40-18+,45-21+. The van der Waals surface area contributed by atoms with Crippen molar-refractivity contribution in [3.63, 3.8) is 0 Å². The van der Waals surface area contributed by atoms with Crippen molar-refractivity contribution in [1.29, 1.82) is 0 Å². The minimum absolute atomic E-state index is 0.533. The number of anilines is 1. The van der Waals surface area contributed by atoms with Crippen LogP contribution in [-0.4, -0.2) is 0 Å². The van der Waals surface area contributed by atoms with E-state index in [9.17, 15) is 0 Å². The van der Waals surface area contributed by atoms with Crippen LogP contribution in [0.2, 0.25) is 0 Å². The van der Waals surface area contributed by atoms with Crippen LogP contribution in [0.1, 0.15) is 55.6 Å². The van der Waals surface area contributed by atoms with Crippen LogP contribution in [0, 0.1) is 0 Å². The minimum atomic E-state index is -0.551. The van der Waals surface area contributed by atoms with Crippen LogP contribution in [0.3, 0.4) is 0 Å². The Hall–Kier alpha value is -8.20. The molecule has 0 fully saturated rings. The number of allylic oxidation sites excluding steroid dienone is 4. The fourth-order valence-electron chi connectivity index (χ4n) is 10.9. The number of nitrogens with one attached hydrogen (secondary N) is 1. The van der Waals surface area contributed by atoms with Gasteiger partial charge in [-0.25, -0.2) is 0 Å². The highest BCUT2D eigenvalue weighted by Crippen LogP contribution is 2.64. The van der Waals surface area contributed by atoms with Gasteiger partial charge >= 0.3 is 0 Å². The Morgan fingerprint density at radius 2 is 0.969 bits per heavy atom. The van der Waals surface area contributed by atoms with Crippen LogP contribution in [0.15, 0.2) is 253 Å². The number of hydrogen-bond acceptors (Lipinski definition) is 2. The number of para-hydroxylation sites is 1. The third-order valence-electron chi connectivity index (χ3n) is 13.5. The quantitative estimate of drug-likeness (QED) is 0.155. The molecule has 302 valence electrons. The SMILES string of the molecule is C(=C/c1ccc2c(c1)oc1ccccc12)/C(=C\C=C\Nc1ccc2c(c1)C1(c3ccccc3-2)c2ccccc2C(c2ccccc2)(c2ccccc2)c2ccccc21)c1ccccc1. The summed E-state index contributed by atoms with van der Waals surface area (Å²) in [7, 11) is 0. The van der Waals surface area contributed by atoms with Gasteiger partial charge in [0.15, 0.2) is 0 Å². The lowest BCUT2D eigenvalue weighted by Gasteiger charge is -2.50. The van der Waals surface area contributed by atoms with Gasteiger partial charge < -0.3 is 9.73 Å². The van der Waals surface area contributed by atoms with Crippen molar-refractivity contribution in [3.05, 3.63) is 305 Å². The van der Waals surface area contributed by atoms with Crippen LogP contribution in [0.25, 0.3) is 44.7 Å². The molecule has 0 saturated carbocycles. The Morgan fingerprint density at radius 3 is 1.66 bits per heavy atom. The molecule has 0 aliphatic heterocycles. The molecule has 2 aliphatic carbocycles. The van der Waals surface area contributed by atoms with E-state index in [1.165, 1.54) is 55.6 Å². The van der Waals surface area contributed by atoms with E-state index in [2.05, 4.69) is 242 Å². The largest absolute Gasteiger partial charge is 0.456 e. The van der Waals surface area contributed by atoms with Gasteiger partial charge in [0.2, 0.25) is 0 Å². The summed E-state index contributed by atoms with van der Waals surface area (Å²) in [6.45, 7) is 0. The maximum atomic E-state index is 6.20. The summed E-state index contributed by atoms with van der Waals surface area (Å²) in [5.74, 6) is 0. The van der Waals surface area contributed by atoms with Gasteiger partial charge in [0.05, 0.1) is 10.8 Å². The highest BCUT2D eigenvalue weighted by atomic mass is 16.3. The Balaban J connectivity index is 0.960. The average Bonchev–Trinajstić information content (AvgIpc) is 3.88. The van der Waals surface area contributed by atoms with E-state index in [4.69, 9.17) is 4.42 Å². The van der Waals surface area contributed by atoms with Gasteiger partial charge in [-0.2, -0.15) is 0 Å². The first kappa shape index (κ1) is 37.6. The predicted molar refractivity (Wildman–Crippen MR) is 266 cm³/mol. The van der Waals surface area contributed by atoms with Crippen molar-refractivity contribution >= 4 is 39.3 Å². The zero-order chi connectivity index (χ0) is 42.5. The zero-order valence-corrected chi connectivity index (χ0v) is 35.2. The molecule has 10 aromatic rings. The van der Waals surface area contributed by atoms with Gasteiger partial charge in [0.25, 0.3) is 0 Å². The van der Waals surface area contributed by atoms with E-state index in [0.29, 0.717) is 0 Å². The third kappa shape index (κ3) is 5.73. The van der Waals surface area contributed by atoms with Gasteiger partial charge in [0.1, 0.15) is 11.2 Å². The first-order valence-electron chi connectivity index (χ1n) is 22.1. The van der Waals surface area contributed by atoms with Crippen molar-refractivity contribution in [1.82, 2.24) is 0 Å². The lowest BCUT2D eigenvalue weighted by molar-refractivity contribution is 0.624. The summed E-state index contributed by atoms with van der Waals surface area (Å²) in [5.41, 5.74) is 17.9. The number of furan rings is 1. The summed E-state index contributed by atoms with van der Waals surface area (Å²) in [6, 6.07) is 81.7. The molecule has 0 radical (unpaired) electrons. The van der Waals surface area contributed by atoms with Crippen molar-refractivity contribution in [3.8, 4) is 11.1 Å². The summed E-state index contributed by atoms with van der Waals surface area (Å²) in [5, 5.41) is 5.96. The van der Waals surface area contributed by atoms with Gasteiger partial charge in [-0.3, -0.25) is 0 Å². The average molecular weight is 818 g/mol. The van der Waals surface area contributed by atoms with Crippen LogP contribution in [0.4, 0.5) is 5.69 Å². The first-order chi connectivity index (χ1) is 31.7. The fraction of sp³-hybridized carbons (Fsp3) is 0.0323. The number of hydrogen-bond donors (Lipinski definition) is 1. The van der Waals surface area contributed by atoms with Gasteiger partial charge in [0, 0.05) is 22.7 Å². The molecule has 0 atom stereocenters. The monoisotopic (exact) mass is 817 g/mol. The van der Waals surface area contributed by atoms with E-state index < -0.39 is 10.8 Å². The Morgan fingerprint density at radius 1 is 0.422 bits per heavy atom. The van der Waals surface area contributed by atoms with Gasteiger partial charge in [-0.05, 0) is 109 Å². The maximum Gasteiger partial charge on any atom is 0.136 e. The maximum absolute atomic E-state index is 6.20. The summed E-state index contributed by atoms with van der Waals surface area (Å²) >= 11 is 0. The smallest absolute Gasteiger partial charge is 0.136 e. The second kappa shape index (κ2) is 15.3. The first-order valence-corrected chi connectivity index (χ1v) is 22.1. The minimum Gasteiger partial charge on any atom is -0.456 e. The van der Waals surface area contributed by atoms with Gasteiger partial charge in [-0.15, -0.1) is 0 Å². The second-order valence-corrected chi connectivity index (χ2v) is 16.8. The van der Waals surface area contributed by atoms with E-state index in [1.807, 2.05) is 18.3 Å². The van der Waals surface area contributed by atoms with Crippen LogP contribution >= 0.6 is 0 Å². The molecule has 12 rings (SSSR count). The molecule has 0 bridgehead atoms. The van der Waals surface area contributed by atoms with E-state index in [1.54, 1.807) is 0 Å². The molecule has 0 saturated heterocycles. The Bertz CT molecular complexity index is 3370. The molecule has 1 aromatic heterocycles. The molecule has 1 spiro atoms. The van der Waals surface area contributed by atoms with E-state index in [-0.39, 0.29) is 0 Å². The molecule has 1 heterocycles. The molecule has 2 aliphatic rings. The molecular formula is C62H43NO. The Labute approximate surface area is 373 Å². The van der Waals surface area contributed by atoms with Crippen LogP contribution in [-0.2, 0) is 10.8 Å². The number of rotatable bonds is 8. The fourth-order valence-corrected chi connectivity index (χ4v) is 10.9. The summed E-state index contributed by atoms with van der Waals surface area (Å²) < 4.78 is 6.20. The lowest BCUT2D eigenvalue weighted by atomic mass is 9.51. The molecule has 1 N–H and O–H groups in total. The zero-order valence-electron chi connectivity index (χ0n) is 35.2. The Kier molecular flexibility index (Phi) is 8.98. The lowest BCUT2D eigenvalue weighted by Crippen LogP contribution is -2.44. The van der Waals surface area contributed by atoms with Crippen molar-refractivity contribution in [2.45, 2.75) is 10.8 Å².